The van der Waals surface area contributed by atoms with Gasteiger partial charge in [-0.25, -0.2) is 0 Å². The van der Waals surface area contributed by atoms with Crippen LogP contribution >= 0.6 is 0 Å². The van der Waals surface area contributed by atoms with Gasteiger partial charge in [0.25, 0.3) is 0 Å². The largest absolute Gasteiger partial charge is 1.00 e. The first-order valence-corrected chi connectivity index (χ1v) is 3.87. The van der Waals surface area contributed by atoms with Crippen LogP contribution in [-0.4, -0.2) is 30.5 Å². The molecule has 0 aromatic heterocycles. The zero-order valence-electron chi connectivity index (χ0n) is 9.11. The Morgan fingerprint density at radius 2 is 1.87 bits per heavy atom. The van der Waals surface area contributed by atoms with Crippen LogP contribution in [-0.2, 0) is 4.74 Å². The standard InChI is InChI=1S/C3H7N3O.C3H6O.N3.Na/c1-3(7)2-5-6-4;1-3-2-4-3;1-3-2;/h3,7H,2H2,1H3;3H,2H2,1H3;;/q;;-1;+1. The van der Waals surface area contributed by atoms with E-state index in [1.165, 1.54) is 4.91 Å². The Hall–Kier alpha value is -0.460. The van der Waals surface area contributed by atoms with Crippen LogP contribution in [0.4, 0.5) is 0 Å². The number of hydrogen-bond acceptors (Lipinski definition) is 3. The van der Waals surface area contributed by atoms with Gasteiger partial charge < -0.3 is 20.9 Å². The van der Waals surface area contributed by atoms with Crippen LogP contribution in [0.1, 0.15) is 13.8 Å². The van der Waals surface area contributed by atoms with Crippen molar-refractivity contribution in [1.82, 2.24) is 0 Å². The predicted molar refractivity (Wildman–Crippen MR) is 51.2 cm³/mol. The van der Waals surface area contributed by atoms with Crippen molar-refractivity contribution in [2.24, 2.45) is 5.11 Å². The van der Waals surface area contributed by atoms with E-state index in [1.807, 2.05) is 0 Å². The van der Waals surface area contributed by atoms with E-state index in [4.69, 9.17) is 26.4 Å². The Kier molecular flexibility index (Phi) is 21.3. The first-order chi connectivity index (χ1) is 6.58. The maximum absolute atomic E-state index is 8.42. The SMILES string of the molecule is CC(O)CN=[N+]=[N-].CC1CO1.[N-]=[N+]=[N-].[Na+]. The van der Waals surface area contributed by atoms with Gasteiger partial charge >= 0.3 is 29.6 Å². The van der Waals surface area contributed by atoms with Crippen molar-refractivity contribution in [1.29, 1.82) is 0 Å². The third-order valence-corrected chi connectivity index (χ3v) is 0.909. The molecule has 0 aliphatic carbocycles. The molecule has 0 aromatic rings. The Bertz CT molecular complexity index is 208. The first-order valence-electron chi connectivity index (χ1n) is 3.87. The second-order valence-corrected chi connectivity index (χ2v) is 2.50. The van der Waals surface area contributed by atoms with E-state index < -0.39 is 6.10 Å². The molecule has 1 heterocycles. The van der Waals surface area contributed by atoms with Crippen molar-refractivity contribution in [3.63, 3.8) is 0 Å². The van der Waals surface area contributed by atoms with E-state index >= 15 is 0 Å². The average Bonchev–Trinajstić information content (AvgIpc) is 2.86. The van der Waals surface area contributed by atoms with Gasteiger partial charge in [-0.1, -0.05) is 5.11 Å². The molecule has 0 amide bonds. The summed E-state index contributed by atoms with van der Waals surface area (Å²) in [5.74, 6) is 0. The molecule has 8 nitrogen and oxygen atoms in total. The Morgan fingerprint density at radius 1 is 1.53 bits per heavy atom. The summed E-state index contributed by atoms with van der Waals surface area (Å²) in [5.41, 5.74) is 21.2. The van der Waals surface area contributed by atoms with Gasteiger partial charge in [-0.3, -0.25) is 4.91 Å². The second kappa shape index (κ2) is 16.0. The summed E-state index contributed by atoms with van der Waals surface area (Å²) in [7, 11) is 0. The second-order valence-electron chi connectivity index (χ2n) is 2.50. The van der Waals surface area contributed by atoms with Gasteiger partial charge in [0.05, 0.1) is 25.4 Å². The van der Waals surface area contributed by atoms with Crippen molar-refractivity contribution in [2.75, 3.05) is 13.2 Å². The molecule has 1 aliphatic rings. The maximum Gasteiger partial charge on any atom is 1.00 e. The van der Waals surface area contributed by atoms with Crippen LogP contribution in [0.25, 0.3) is 26.4 Å². The molecule has 15 heavy (non-hydrogen) atoms. The summed E-state index contributed by atoms with van der Waals surface area (Å²) in [6.07, 6.45) is 0.0656. The summed E-state index contributed by atoms with van der Waals surface area (Å²) in [5, 5.41) is 11.5. The Morgan fingerprint density at radius 3 is 1.93 bits per heavy atom. The molecule has 2 atom stereocenters. The third kappa shape index (κ3) is 42.2. The summed E-state index contributed by atoms with van der Waals surface area (Å²) in [4.78, 5) is 3.94. The van der Waals surface area contributed by atoms with Gasteiger partial charge in [-0.2, -0.15) is 0 Å². The van der Waals surface area contributed by atoms with Crippen LogP contribution in [0.15, 0.2) is 5.11 Å². The smallest absolute Gasteiger partial charge is 0.393 e. The van der Waals surface area contributed by atoms with E-state index in [0.29, 0.717) is 6.10 Å². The average molecular weight is 224 g/mol. The first kappa shape index (κ1) is 20.0. The number of nitrogens with zero attached hydrogens (tertiary/aromatic N) is 6. The summed E-state index contributed by atoms with van der Waals surface area (Å²) < 4.78 is 4.71. The zero-order chi connectivity index (χ0) is 11.4. The molecule has 0 radical (unpaired) electrons. The molecule has 0 aromatic carbocycles. The molecule has 1 rings (SSSR count). The van der Waals surface area contributed by atoms with Crippen LogP contribution in [0, 0.1) is 0 Å². The monoisotopic (exact) mass is 224 g/mol. The summed E-state index contributed by atoms with van der Waals surface area (Å²) >= 11 is 0. The molecule has 2 unspecified atom stereocenters. The quantitative estimate of drug-likeness (QED) is 0.210. The normalized spacial score (nSPS) is 16.9. The maximum atomic E-state index is 8.42. The van der Waals surface area contributed by atoms with E-state index in [9.17, 15) is 0 Å². The number of azide groups is 1. The number of hydrogen-bond donors (Lipinski definition) is 1. The molecule has 0 saturated carbocycles. The molecule has 1 aliphatic heterocycles. The van der Waals surface area contributed by atoms with Gasteiger partial charge in [0.2, 0.25) is 0 Å². The molecular formula is C6H13N6NaO2. The van der Waals surface area contributed by atoms with E-state index in [-0.39, 0.29) is 36.1 Å². The number of ether oxygens (including phenoxy) is 1. The minimum Gasteiger partial charge on any atom is -0.393 e. The summed E-state index contributed by atoms with van der Waals surface area (Å²) in [6.45, 7) is 4.77. The van der Waals surface area contributed by atoms with Crippen LogP contribution in [0.3, 0.4) is 0 Å². The van der Waals surface area contributed by atoms with Gasteiger partial charge in [0, 0.05) is 4.91 Å². The minimum absolute atomic E-state index is 0. The molecule has 0 bridgehead atoms. The van der Waals surface area contributed by atoms with E-state index in [0.717, 1.165) is 6.61 Å². The fourth-order valence-corrected chi connectivity index (χ4v) is 0.251. The molecule has 1 saturated heterocycles. The van der Waals surface area contributed by atoms with Crippen LogP contribution < -0.4 is 29.6 Å². The van der Waals surface area contributed by atoms with Crippen molar-refractivity contribution in [3.05, 3.63) is 26.4 Å². The van der Waals surface area contributed by atoms with Gasteiger partial charge in [0.15, 0.2) is 0 Å². The molecule has 9 heteroatoms. The molecule has 1 fully saturated rings. The Labute approximate surface area is 110 Å². The Balaban J connectivity index is -0.000000154. The van der Waals surface area contributed by atoms with Gasteiger partial charge in [0.1, 0.15) is 0 Å². The van der Waals surface area contributed by atoms with Gasteiger partial charge in [-0.05, 0) is 19.4 Å². The summed E-state index contributed by atoms with van der Waals surface area (Å²) in [6, 6.07) is 0. The fraction of sp³-hybridized carbons (Fsp3) is 1.00. The van der Waals surface area contributed by atoms with Gasteiger partial charge in [-0.15, -0.1) is 0 Å². The number of aliphatic hydroxyl groups excluding tert-OH is 1. The van der Waals surface area contributed by atoms with E-state index in [1.54, 1.807) is 6.92 Å². The fourth-order valence-electron chi connectivity index (χ4n) is 0.251. The zero-order valence-corrected chi connectivity index (χ0v) is 11.1. The van der Waals surface area contributed by atoms with Crippen molar-refractivity contribution in [3.8, 4) is 0 Å². The molecule has 1 N–H and O–H groups in total. The van der Waals surface area contributed by atoms with Crippen molar-refractivity contribution >= 4 is 0 Å². The van der Waals surface area contributed by atoms with E-state index in [2.05, 4.69) is 16.9 Å². The number of epoxide rings is 1. The molecule has 80 valence electrons. The van der Waals surface area contributed by atoms with Crippen molar-refractivity contribution in [2.45, 2.75) is 26.1 Å². The molecular weight excluding hydrogens is 211 g/mol. The van der Waals surface area contributed by atoms with Crippen LogP contribution in [0.5, 0.6) is 0 Å². The van der Waals surface area contributed by atoms with Crippen LogP contribution in [0.2, 0.25) is 0 Å². The number of rotatable bonds is 2. The molecule has 0 spiro atoms. The third-order valence-electron chi connectivity index (χ3n) is 0.909. The van der Waals surface area contributed by atoms with Crippen molar-refractivity contribution < 1.29 is 39.4 Å². The number of aliphatic hydroxyl groups is 1. The predicted octanol–water partition coefficient (Wildman–Crippen LogP) is -1.05. The topological polar surface area (TPSA) is 140 Å². The minimum atomic E-state index is -0.518.